The molecule has 1 heterocycles. The molecule has 0 spiro atoms. The van der Waals surface area contributed by atoms with Crippen LogP contribution in [-0.2, 0) is 14.8 Å². The van der Waals surface area contributed by atoms with Crippen LogP contribution < -0.4 is 9.62 Å². The van der Waals surface area contributed by atoms with E-state index in [9.17, 15) is 13.2 Å². The molecule has 6 nitrogen and oxygen atoms in total. The first-order valence-corrected chi connectivity index (χ1v) is 12.5. The van der Waals surface area contributed by atoms with Crippen LogP contribution >= 0.6 is 23.2 Å². The van der Waals surface area contributed by atoms with Crippen LogP contribution in [0.2, 0.25) is 10.0 Å². The van der Waals surface area contributed by atoms with E-state index in [1.807, 2.05) is 36.4 Å². The predicted molar refractivity (Wildman–Crippen MR) is 130 cm³/mol. The highest BCUT2D eigenvalue weighted by molar-refractivity contribution is 7.92. The highest BCUT2D eigenvalue weighted by Gasteiger charge is 2.19. The highest BCUT2D eigenvalue weighted by Crippen LogP contribution is 2.30. The summed E-state index contributed by atoms with van der Waals surface area (Å²) >= 11 is 12.0. The fourth-order valence-corrected chi connectivity index (χ4v) is 5.04. The van der Waals surface area contributed by atoms with Gasteiger partial charge in [-0.1, -0.05) is 41.4 Å². The second-order valence-corrected chi connectivity index (χ2v) is 10.2. The zero-order chi connectivity index (χ0) is 22.9. The minimum Gasteiger partial charge on any atom is -0.456 e. The van der Waals surface area contributed by atoms with Gasteiger partial charge in [0.25, 0.3) is 0 Å². The quantitative estimate of drug-likeness (QED) is 0.340. The van der Waals surface area contributed by atoms with Gasteiger partial charge in [-0.2, -0.15) is 0 Å². The van der Waals surface area contributed by atoms with Crippen molar-refractivity contribution in [1.82, 2.24) is 0 Å². The van der Waals surface area contributed by atoms with Gasteiger partial charge in [0.1, 0.15) is 11.2 Å². The summed E-state index contributed by atoms with van der Waals surface area (Å²) in [6.45, 7) is 0.117. The van der Waals surface area contributed by atoms with Gasteiger partial charge in [-0.05, 0) is 42.8 Å². The van der Waals surface area contributed by atoms with Gasteiger partial charge in [0, 0.05) is 45.5 Å². The lowest BCUT2D eigenvalue weighted by atomic mass is 10.1. The number of benzene rings is 3. The lowest BCUT2D eigenvalue weighted by Gasteiger charge is -2.22. The minimum atomic E-state index is -3.57. The Labute approximate surface area is 195 Å². The van der Waals surface area contributed by atoms with E-state index in [1.165, 1.54) is 22.5 Å². The molecule has 166 valence electrons. The SMILES string of the molecule is CS(=O)(=O)N(CCCC(=O)Nc1ccc2c(c1)oc1ccccc12)c1cc(Cl)cc(Cl)c1. The summed E-state index contributed by atoms with van der Waals surface area (Å²) in [6.07, 6.45) is 1.55. The van der Waals surface area contributed by atoms with Gasteiger partial charge < -0.3 is 9.73 Å². The van der Waals surface area contributed by atoms with Crippen LogP contribution in [0.1, 0.15) is 12.8 Å². The highest BCUT2D eigenvalue weighted by atomic mass is 35.5. The summed E-state index contributed by atoms with van der Waals surface area (Å²) in [4.78, 5) is 12.4. The third-order valence-electron chi connectivity index (χ3n) is 4.96. The molecule has 1 N–H and O–H groups in total. The van der Waals surface area contributed by atoms with Gasteiger partial charge in [0.05, 0.1) is 11.9 Å². The van der Waals surface area contributed by atoms with Gasteiger partial charge in [-0.15, -0.1) is 0 Å². The predicted octanol–water partition coefficient (Wildman–Crippen LogP) is 6.08. The van der Waals surface area contributed by atoms with E-state index in [2.05, 4.69) is 5.32 Å². The minimum absolute atomic E-state index is 0.117. The van der Waals surface area contributed by atoms with Crippen LogP contribution in [0, 0.1) is 0 Å². The Morgan fingerprint density at radius 2 is 1.66 bits per heavy atom. The standard InChI is InChI=1S/C23H20Cl2N2O4S/c1-32(29,30)27(18-12-15(24)11-16(25)13-18)10-4-7-23(28)26-17-8-9-20-19-5-2-3-6-21(19)31-22(20)14-17/h2-3,5-6,8-9,11-14H,4,7,10H2,1H3,(H,26,28). The summed E-state index contributed by atoms with van der Waals surface area (Å²) in [7, 11) is -3.57. The molecule has 4 aromatic rings. The van der Waals surface area contributed by atoms with Crippen molar-refractivity contribution in [2.45, 2.75) is 12.8 Å². The van der Waals surface area contributed by atoms with E-state index in [0.717, 1.165) is 22.6 Å². The number of hydrogen-bond donors (Lipinski definition) is 1. The van der Waals surface area contributed by atoms with Crippen molar-refractivity contribution in [3.63, 3.8) is 0 Å². The van der Waals surface area contributed by atoms with E-state index < -0.39 is 10.0 Å². The molecule has 0 bridgehead atoms. The van der Waals surface area contributed by atoms with E-state index in [1.54, 1.807) is 6.07 Å². The molecule has 0 aliphatic carbocycles. The number of nitrogens with zero attached hydrogens (tertiary/aromatic N) is 1. The molecule has 32 heavy (non-hydrogen) atoms. The molecule has 3 aromatic carbocycles. The zero-order valence-electron chi connectivity index (χ0n) is 17.1. The third-order valence-corrected chi connectivity index (χ3v) is 6.59. The van der Waals surface area contributed by atoms with Crippen molar-refractivity contribution in [3.05, 3.63) is 70.7 Å². The van der Waals surface area contributed by atoms with Gasteiger partial charge in [-0.3, -0.25) is 9.10 Å². The van der Waals surface area contributed by atoms with Crippen LogP contribution in [0.3, 0.4) is 0 Å². The van der Waals surface area contributed by atoms with Crippen LogP contribution in [0.4, 0.5) is 11.4 Å². The zero-order valence-corrected chi connectivity index (χ0v) is 19.5. The third kappa shape index (κ3) is 5.01. The number of halogens is 2. The maximum absolute atomic E-state index is 12.4. The van der Waals surface area contributed by atoms with Crippen LogP contribution in [0.5, 0.6) is 0 Å². The van der Waals surface area contributed by atoms with E-state index >= 15 is 0 Å². The number of carbonyl (C=O) groups is 1. The van der Waals surface area contributed by atoms with Crippen molar-refractivity contribution in [1.29, 1.82) is 0 Å². The van der Waals surface area contributed by atoms with E-state index in [4.69, 9.17) is 27.6 Å². The lowest BCUT2D eigenvalue weighted by Crippen LogP contribution is -2.31. The van der Waals surface area contributed by atoms with Crippen molar-refractivity contribution in [2.75, 3.05) is 22.4 Å². The number of para-hydroxylation sites is 1. The Kier molecular flexibility index (Phi) is 6.33. The van der Waals surface area contributed by atoms with Crippen molar-refractivity contribution >= 4 is 72.4 Å². The summed E-state index contributed by atoms with van der Waals surface area (Å²) < 4.78 is 31.5. The molecule has 4 rings (SSSR count). The average molecular weight is 491 g/mol. The number of carbonyl (C=O) groups excluding carboxylic acids is 1. The van der Waals surface area contributed by atoms with Crippen LogP contribution in [-0.4, -0.2) is 27.1 Å². The van der Waals surface area contributed by atoms with Gasteiger partial charge in [0.2, 0.25) is 15.9 Å². The maximum Gasteiger partial charge on any atom is 0.232 e. The van der Waals surface area contributed by atoms with Crippen molar-refractivity contribution in [2.24, 2.45) is 0 Å². The molecule has 1 aromatic heterocycles. The number of rotatable bonds is 7. The summed E-state index contributed by atoms with van der Waals surface area (Å²) in [6, 6.07) is 17.8. The number of nitrogens with one attached hydrogen (secondary N) is 1. The van der Waals surface area contributed by atoms with Crippen molar-refractivity contribution in [3.8, 4) is 0 Å². The molecule has 0 fully saturated rings. The second-order valence-electron chi connectivity index (χ2n) is 7.42. The second kappa shape index (κ2) is 9.02. The molecule has 0 saturated carbocycles. The summed E-state index contributed by atoms with van der Waals surface area (Å²) in [5.74, 6) is -0.224. The number of hydrogen-bond acceptors (Lipinski definition) is 4. The average Bonchev–Trinajstić information content (AvgIpc) is 3.07. The van der Waals surface area contributed by atoms with E-state index in [-0.39, 0.29) is 18.9 Å². The molecule has 0 unspecified atom stereocenters. The fraction of sp³-hybridized carbons (Fsp3) is 0.174. The Morgan fingerprint density at radius 3 is 2.38 bits per heavy atom. The number of fused-ring (bicyclic) bond motifs is 3. The molecular weight excluding hydrogens is 471 g/mol. The maximum atomic E-state index is 12.4. The largest absolute Gasteiger partial charge is 0.456 e. The van der Waals surface area contributed by atoms with Gasteiger partial charge >= 0.3 is 0 Å². The number of amides is 1. The lowest BCUT2D eigenvalue weighted by molar-refractivity contribution is -0.116. The molecule has 0 radical (unpaired) electrons. The van der Waals surface area contributed by atoms with Gasteiger partial charge in [0.15, 0.2) is 0 Å². The Bertz CT molecular complexity index is 1400. The van der Waals surface area contributed by atoms with Crippen LogP contribution in [0.15, 0.2) is 65.1 Å². The molecule has 0 saturated heterocycles. The summed E-state index contributed by atoms with van der Waals surface area (Å²) in [5, 5.41) is 5.50. The molecule has 0 aliphatic rings. The smallest absolute Gasteiger partial charge is 0.232 e. The normalized spacial score (nSPS) is 11.7. The molecule has 0 aliphatic heterocycles. The fourth-order valence-electron chi connectivity index (χ4n) is 3.58. The van der Waals surface area contributed by atoms with Crippen molar-refractivity contribution < 1.29 is 17.6 Å². The number of furan rings is 1. The number of anilines is 2. The van der Waals surface area contributed by atoms with E-state index in [0.29, 0.717) is 33.4 Å². The Balaban J connectivity index is 1.42. The van der Waals surface area contributed by atoms with Crippen LogP contribution in [0.25, 0.3) is 21.9 Å². The number of sulfonamides is 1. The first-order chi connectivity index (χ1) is 15.2. The molecule has 1 amide bonds. The first-order valence-electron chi connectivity index (χ1n) is 9.86. The molecular formula is C23H20Cl2N2O4S. The first kappa shape index (κ1) is 22.5. The topological polar surface area (TPSA) is 79.6 Å². The summed E-state index contributed by atoms with van der Waals surface area (Å²) in [5.41, 5.74) is 2.45. The van der Waals surface area contributed by atoms with Gasteiger partial charge in [-0.25, -0.2) is 8.42 Å². The Hall–Kier alpha value is -2.74. The molecule has 9 heteroatoms. The monoisotopic (exact) mass is 490 g/mol. The Morgan fingerprint density at radius 1 is 0.969 bits per heavy atom. The molecule has 0 atom stereocenters.